The van der Waals surface area contributed by atoms with E-state index in [2.05, 4.69) is 5.32 Å². The summed E-state index contributed by atoms with van der Waals surface area (Å²) in [5.74, 6) is -0.401. The van der Waals surface area contributed by atoms with Gasteiger partial charge in [-0.1, -0.05) is 6.92 Å². The Morgan fingerprint density at radius 2 is 1.94 bits per heavy atom. The van der Waals surface area contributed by atoms with Crippen molar-refractivity contribution in [2.45, 2.75) is 13.3 Å². The second-order valence-electron chi connectivity index (χ2n) is 3.12. The van der Waals surface area contributed by atoms with Crippen molar-refractivity contribution < 1.29 is 14.6 Å². The first-order chi connectivity index (χ1) is 7.95. The molecule has 1 aromatic rings. The summed E-state index contributed by atoms with van der Waals surface area (Å²) >= 11 is 0. The SMILES string of the molecule is CCC(=O)Nc1ccc([N+](=O)[O-])cc1[N+](=O)[O-]. The molecule has 1 aromatic carbocycles. The lowest BCUT2D eigenvalue weighted by Gasteiger charge is -2.03. The van der Waals surface area contributed by atoms with Crippen LogP contribution in [0.2, 0.25) is 0 Å². The number of hydrogen-bond acceptors (Lipinski definition) is 5. The second-order valence-corrected chi connectivity index (χ2v) is 3.12. The number of carbonyl (C=O) groups excluding carboxylic acids is 1. The molecule has 0 heterocycles. The van der Waals surface area contributed by atoms with Gasteiger partial charge in [0.1, 0.15) is 5.69 Å². The van der Waals surface area contributed by atoms with Gasteiger partial charge in [-0.25, -0.2) is 0 Å². The molecule has 1 rings (SSSR count). The molecule has 0 aliphatic rings. The Morgan fingerprint density at radius 3 is 2.41 bits per heavy atom. The fraction of sp³-hybridized carbons (Fsp3) is 0.222. The van der Waals surface area contributed by atoms with Crippen LogP contribution in [0.25, 0.3) is 0 Å². The van der Waals surface area contributed by atoms with Crippen LogP contribution in [-0.2, 0) is 4.79 Å². The van der Waals surface area contributed by atoms with Gasteiger partial charge in [0.25, 0.3) is 11.4 Å². The third-order valence-corrected chi connectivity index (χ3v) is 1.98. The van der Waals surface area contributed by atoms with Gasteiger partial charge in [-0.3, -0.25) is 25.0 Å². The zero-order valence-corrected chi connectivity index (χ0v) is 8.87. The molecule has 90 valence electrons. The van der Waals surface area contributed by atoms with Gasteiger partial charge in [0.05, 0.1) is 15.9 Å². The molecule has 1 amide bonds. The molecule has 0 bridgehead atoms. The van der Waals surface area contributed by atoms with E-state index in [4.69, 9.17) is 0 Å². The standard InChI is InChI=1S/C9H9N3O5/c1-2-9(13)10-7-4-3-6(11(14)15)5-8(7)12(16)17/h3-5H,2H2,1H3,(H,10,13). The van der Waals surface area contributed by atoms with Gasteiger partial charge in [-0.15, -0.1) is 0 Å². The zero-order chi connectivity index (χ0) is 13.0. The molecule has 0 aromatic heterocycles. The number of non-ortho nitro benzene ring substituents is 1. The van der Waals surface area contributed by atoms with E-state index in [1.54, 1.807) is 6.92 Å². The quantitative estimate of drug-likeness (QED) is 0.635. The molecule has 8 nitrogen and oxygen atoms in total. The number of amides is 1. The zero-order valence-electron chi connectivity index (χ0n) is 8.87. The van der Waals surface area contributed by atoms with E-state index < -0.39 is 27.1 Å². The highest BCUT2D eigenvalue weighted by Crippen LogP contribution is 2.28. The largest absolute Gasteiger partial charge is 0.320 e. The maximum Gasteiger partial charge on any atom is 0.299 e. The minimum Gasteiger partial charge on any atom is -0.320 e. The molecule has 0 aliphatic carbocycles. The van der Waals surface area contributed by atoms with Gasteiger partial charge < -0.3 is 5.32 Å². The molecule has 0 fully saturated rings. The van der Waals surface area contributed by atoms with Crippen LogP contribution in [0.15, 0.2) is 18.2 Å². The van der Waals surface area contributed by atoms with E-state index in [1.165, 1.54) is 0 Å². The predicted octanol–water partition coefficient (Wildman–Crippen LogP) is 1.85. The minimum absolute atomic E-state index is 0.0487. The lowest BCUT2D eigenvalue weighted by Crippen LogP contribution is -2.11. The molecule has 17 heavy (non-hydrogen) atoms. The summed E-state index contributed by atoms with van der Waals surface area (Å²) in [7, 11) is 0. The van der Waals surface area contributed by atoms with E-state index in [-0.39, 0.29) is 12.1 Å². The number of nitro groups is 2. The summed E-state index contributed by atoms with van der Waals surface area (Å²) < 4.78 is 0. The van der Waals surface area contributed by atoms with Crippen molar-refractivity contribution in [1.29, 1.82) is 0 Å². The van der Waals surface area contributed by atoms with Crippen LogP contribution in [-0.4, -0.2) is 15.8 Å². The van der Waals surface area contributed by atoms with Gasteiger partial charge >= 0.3 is 0 Å². The normalized spacial score (nSPS) is 9.71. The summed E-state index contributed by atoms with van der Waals surface area (Å²) in [6, 6.07) is 3.05. The highest BCUT2D eigenvalue weighted by Gasteiger charge is 2.20. The molecule has 1 N–H and O–H groups in total. The van der Waals surface area contributed by atoms with E-state index in [1.807, 2.05) is 0 Å². The second kappa shape index (κ2) is 5.01. The Morgan fingerprint density at radius 1 is 1.29 bits per heavy atom. The van der Waals surface area contributed by atoms with Gasteiger partial charge in [0, 0.05) is 12.5 Å². The van der Waals surface area contributed by atoms with Crippen molar-refractivity contribution in [2.24, 2.45) is 0 Å². The molecule has 0 saturated heterocycles. The Bertz CT molecular complexity index is 486. The third kappa shape index (κ3) is 2.97. The van der Waals surface area contributed by atoms with E-state index in [9.17, 15) is 25.0 Å². The van der Waals surface area contributed by atoms with Crippen molar-refractivity contribution >= 4 is 23.0 Å². The lowest BCUT2D eigenvalue weighted by atomic mass is 10.2. The summed E-state index contributed by atoms with van der Waals surface area (Å²) in [4.78, 5) is 30.7. The molecule has 0 radical (unpaired) electrons. The molecular weight excluding hydrogens is 230 g/mol. The molecular formula is C9H9N3O5. The fourth-order valence-electron chi connectivity index (χ4n) is 1.13. The smallest absolute Gasteiger partial charge is 0.299 e. The average molecular weight is 239 g/mol. The van der Waals surface area contributed by atoms with Crippen LogP contribution < -0.4 is 5.32 Å². The highest BCUT2D eigenvalue weighted by molar-refractivity contribution is 5.93. The molecule has 0 spiro atoms. The number of rotatable bonds is 4. The van der Waals surface area contributed by atoms with Gasteiger partial charge in [-0.05, 0) is 6.07 Å². The van der Waals surface area contributed by atoms with E-state index in [0.29, 0.717) is 0 Å². The monoisotopic (exact) mass is 239 g/mol. The van der Waals surface area contributed by atoms with Crippen LogP contribution >= 0.6 is 0 Å². The Labute approximate surface area is 95.5 Å². The first kappa shape index (κ1) is 12.6. The van der Waals surface area contributed by atoms with Crippen LogP contribution in [0.5, 0.6) is 0 Å². The van der Waals surface area contributed by atoms with Crippen LogP contribution in [0.1, 0.15) is 13.3 Å². The first-order valence-corrected chi connectivity index (χ1v) is 4.68. The Hall–Kier alpha value is -2.51. The van der Waals surface area contributed by atoms with E-state index in [0.717, 1.165) is 18.2 Å². The minimum atomic E-state index is -0.779. The van der Waals surface area contributed by atoms with Crippen molar-refractivity contribution in [3.05, 3.63) is 38.4 Å². The summed E-state index contributed by atoms with van der Waals surface area (Å²) in [5, 5.41) is 23.5. The van der Waals surface area contributed by atoms with Gasteiger partial charge in [-0.2, -0.15) is 0 Å². The number of hydrogen-bond donors (Lipinski definition) is 1. The first-order valence-electron chi connectivity index (χ1n) is 4.68. The van der Waals surface area contributed by atoms with Crippen molar-refractivity contribution in [2.75, 3.05) is 5.32 Å². The molecule has 0 atom stereocenters. The van der Waals surface area contributed by atoms with Crippen molar-refractivity contribution in [3.8, 4) is 0 Å². The molecule has 8 heteroatoms. The molecule has 0 aliphatic heterocycles. The van der Waals surface area contributed by atoms with Gasteiger partial charge in [0.15, 0.2) is 0 Å². The van der Waals surface area contributed by atoms with Crippen molar-refractivity contribution in [3.63, 3.8) is 0 Å². The number of anilines is 1. The summed E-state index contributed by atoms with van der Waals surface area (Å²) in [6.45, 7) is 1.59. The summed E-state index contributed by atoms with van der Waals surface area (Å²) in [5.41, 5.74) is -0.945. The topological polar surface area (TPSA) is 115 Å². The number of nitro benzene ring substituents is 2. The number of nitrogens with one attached hydrogen (secondary N) is 1. The third-order valence-electron chi connectivity index (χ3n) is 1.98. The number of benzene rings is 1. The van der Waals surface area contributed by atoms with Crippen LogP contribution in [0.4, 0.5) is 17.1 Å². The Balaban J connectivity index is 3.17. The predicted molar refractivity (Wildman–Crippen MR) is 58.7 cm³/mol. The maximum atomic E-state index is 11.1. The fourth-order valence-corrected chi connectivity index (χ4v) is 1.13. The Kier molecular flexibility index (Phi) is 3.70. The summed E-state index contributed by atoms with van der Waals surface area (Å²) in [6.07, 6.45) is 0.161. The van der Waals surface area contributed by atoms with Crippen LogP contribution in [0, 0.1) is 20.2 Å². The van der Waals surface area contributed by atoms with Crippen LogP contribution in [0.3, 0.4) is 0 Å². The number of carbonyl (C=O) groups is 1. The molecule has 0 unspecified atom stereocenters. The highest BCUT2D eigenvalue weighted by atomic mass is 16.6. The van der Waals surface area contributed by atoms with E-state index >= 15 is 0 Å². The molecule has 0 saturated carbocycles. The number of nitrogens with zero attached hydrogens (tertiary/aromatic N) is 2. The average Bonchev–Trinajstić information content (AvgIpc) is 2.28. The maximum absolute atomic E-state index is 11.1. The lowest BCUT2D eigenvalue weighted by molar-refractivity contribution is -0.393. The van der Waals surface area contributed by atoms with Gasteiger partial charge in [0.2, 0.25) is 5.91 Å². The van der Waals surface area contributed by atoms with Crippen molar-refractivity contribution in [1.82, 2.24) is 0 Å².